The van der Waals surface area contributed by atoms with E-state index >= 15 is 0 Å². The van der Waals surface area contributed by atoms with Gasteiger partial charge < -0.3 is 15.2 Å². The van der Waals surface area contributed by atoms with Crippen LogP contribution in [0.1, 0.15) is 31.4 Å². The molecule has 1 aliphatic carbocycles. The number of aliphatic hydroxyl groups excluding tert-OH is 1. The second kappa shape index (κ2) is 6.04. The molecule has 0 spiro atoms. The molecular formula is C14H20BrNO2. The van der Waals surface area contributed by atoms with E-state index < -0.39 is 0 Å². The van der Waals surface area contributed by atoms with Crippen LogP contribution in [-0.4, -0.2) is 24.9 Å². The average Bonchev–Trinajstić information content (AvgIpc) is 2.32. The van der Waals surface area contributed by atoms with Crippen molar-refractivity contribution in [2.24, 2.45) is 5.92 Å². The molecule has 0 saturated heterocycles. The number of benzene rings is 1. The Morgan fingerprint density at radius 3 is 2.78 bits per heavy atom. The quantitative estimate of drug-likeness (QED) is 0.878. The van der Waals surface area contributed by atoms with Crippen molar-refractivity contribution in [2.75, 3.05) is 13.7 Å². The fourth-order valence-electron chi connectivity index (χ4n) is 2.28. The molecule has 1 aromatic carbocycles. The summed E-state index contributed by atoms with van der Waals surface area (Å²) < 4.78 is 6.20. The zero-order chi connectivity index (χ0) is 13.1. The summed E-state index contributed by atoms with van der Waals surface area (Å²) in [7, 11) is 1.67. The van der Waals surface area contributed by atoms with Crippen molar-refractivity contribution in [3.05, 3.63) is 28.2 Å². The number of ether oxygens (including phenoxy) is 1. The van der Waals surface area contributed by atoms with Gasteiger partial charge in [-0.15, -0.1) is 0 Å². The van der Waals surface area contributed by atoms with Gasteiger partial charge in [-0.1, -0.05) is 6.07 Å². The van der Waals surface area contributed by atoms with Crippen molar-refractivity contribution < 1.29 is 9.84 Å². The molecule has 0 amide bonds. The summed E-state index contributed by atoms with van der Waals surface area (Å²) in [6.45, 7) is 3.13. The van der Waals surface area contributed by atoms with E-state index in [9.17, 15) is 5.11 Å². The van der Waals surface area contributed by atoms with Crippen LogP contribution in [0.25, 0.3) is 0 Å². The molecule has 4 heteroatoms. The lowest BCUT2D eigenvalue weighted by Crippen LogP contribution is -2.36. The highest BCUT2D eigenvalue weighted by molar-refractivity contribution is 9.10. The second-order valence-electron chi connectivity index (χ2n) is 5.02. The Morgan fingerprint density at radius 1 is 1.50 bits per heavy atom. The van der Waals surface area contributed by atoms with Gasteiger partial charge in [0.05, 0.1) is 17.7 Å². The van der Waals surface area contributed by atoms with Crippen molar-refractivity contribution in [1.82, 2.24) is 5.32 Å². The molecule has 0 bridgehead atoms. The molecule has 18 heavy (non-hydrogen) atoms. The number of nitrogens with one attached hydrogen (secondary N) is 1. The molecule has 2 rings (SSSR count). The molecule has 2 N–H and O–H groups in total. The van der Waals surface area contributed by atoms with Crippen molar-refractivity contribution in [2.45, 2.75) is 31.9 Å². The third kappa shape index (κ3) is 3.25. The van der Waals surface area contributed by atoms with Crippen molar-refractivity contribution in [3.8, 4) is 5.75 Å². The third-order valence-electron chi connectivity index (χ3n) is 3.60. The highest BCUT2D eigenvalue weighted by Crippen LogP contribution is 2.29. The molecule has 0 aliphatic heterocycles. The lowest BCUT2D eigenvalue weighted by Gasteiger charge is -2.32. The van der Waals surface area contributed by atoms with Gasteiger partial charge in [0.1, 0.15) is 5.75 Å². The van der Waals surface area contributed by atoms with Crippen LogP contribution in [0.2, 0.25) is 0 Å². The SMILES string of the molecule is COc1ccc(C(C)NCC2CC(O)C2)cc1Br. The summed E-state index contributed by atoms with van der Waals surface area (Å²) in [5.41, 5.74) is 1.24. The Morgan fingerprint density at radius 2 is 2.22 bits per heavy atom. The number of rotatable bonds is 5. The van der Waals surface area contributed by atoms with Crippen LogP contribution < -0.4 is 10.1 Å². The molecule has 1 unspecified atom stereocenters. The Labute approximate surface area is 117 Å². The largest absolute Gasteiger partial charge is 0.496 e. The summed E-state index contributed by atoms with van der Waals surface area (Å²) in [5.74, 6) is 1.48. The van der Waals surface area contributed by atoms with Crippen molar-refractivity contribution >= 4 is 15.9 Å². The summed E-state index contributed by atoms with van der Waals surface area (Å²) in [4.78, 5) is 0. The monoisotopic (exact) mass is 313 g/mol. The maximum atomic E-state index is 9.25. The molecular weight excluding hydrogens is 294 g/mol. The fraction of sp³-hybridized carbons (Fsp3) is 0.571. The van der Waals surface area contributed by atoms with E-state index in [1.54, 1.807) is 7.11 Å². The van der Waals surface area contributed by atoms with Gasteiger partial charge in [0.25, 0.3) is 0 Å². The standard InChI is InChI=1S/C14H20BrNO2/c1-9(16-8-10-5-12(17)6-10)11-3-4-14(18-2)13(15)7-11/h3-4,7,9-10,12,16-17H,5-6,8H2,1-2H3. The van der Waals surface area contributed by atoms with E-state index in [0.29, 0.717) is 12.0 Å². The molecule has 1 atom stereocenters. The lowest BCUT2D eigenvalue weighted by atomic mass is 9.82. The summed E-state index contributed by atoms with van der Waals surface area (Å²) in [6, 6.07) is 6.46. The molecule has 3 nitrogen and oxygen atoms in total. The van der Waals surface area contributed by atoms with Crippen LogP contribution in [0.5, 0.6) is 5.75 Å². The minimum Gasteiger partial charge on any atom is -0.496 e. The van der Waals surface area contributed by atoms with E-state index in [-0.39, 0.29) is 6.10 Å². The maximum absolute atomic E-state index is 9.25. The first-order valence-corrected chi connectivity index (χ1v) is 7.14. The summed E-state index contributed by atoms with van der Waals surface area (Å²) in [5, 5.41) is 12.8. The van der Waals surface area contributed by atoms with Crippen LogP contribution in [0.15, 0.2) is 22.7 Å². The lowest BCUT2D eigenvalue weighted by molar-refractivity contribution is 0.0420. The topological polar surface area (TPSA) is 41.5 Å². The molecule has 0 radical (unpaired) electrons. The van der Waals surface area contributed by atoms with Gasteiger partial charge in [-0.2, -0.15) is 0 Å². The van der Waals surface area contributed by atoms with Gasteiger partial charge in [0, 0.05) is 6.04 Å². The van der Waals surface area contributed by atoms with Gasteiger partial charge in [0.15, 0.2) is 0 Å². The van der Waals surface area contributed by atoms with Crippen LogP contribution in [0.4, 0.5) is 0 Å². The second-order valence-corrected chi connectivity index (χ2v) is 5.87. The highest BCUT2D eigenvalue weighted by Gasteiger charge is 2.27. The minimum absolute atomic E-state index is 0.0674. The number of hydrogen-bond donors (Lipinski definition) is 2. The van der Waals surface area contributed by atoms with E-state index in [1.807, 2.05) is 6.07 Å². The number of hydrogen-bond acceptors (Lipinski definition) is 3. The number of aliphatic hydroxyl groups is 1. The predicted octanol–water partition coefficient (Wildman–Crippen LogP) is 2.88. The predicted molar refractivity (Wildman–Crippen MR) is 75.8 cm³/mol. The molecule has 100 valence electrons. The molecule has 1 aliphatic rings. The van der Waals surface area contributed by atoms with E-state index in [4.69, 9.17) is 4.74 Å². The maximum Gasteiger partial charge on any atom is 0.133 e. The minimum atomic E-state index is -0.0674. The number of halogens is 1. The Balaban J connectivity index is 1.88. The first-order chi connectivity index (χ1) is 8.60. The Hall–Kier alpha value is -0.580. The summed E-state index contributed by atoms with van der Waals surface area (Å²) in [6.07, 6.45) is 1.81. The Bertz CT molecular complexity index is 405. The number of methoxy groups -OCH3 is 1. The molecule has 1 aromatic rings. The van der Waals surface area contributed by atoms with Crippen LogP contribution in [0, 0.1) is 5.92 Å². The molecule has 0 aromatic heterocycles. The van der Waals surface area contributed by atoms with Crippen molar-refractivity contribution in [1.29, 1.82) is 0 Å². The summed E-state index contributed by atoms with van der Waals surface area (Å²) >= 11 is 3.50. The van der Waals surface area contributed by atoms with Gasteiger partial charge in [-0.05, 0) is 65.9 Å². The zero-order valence-corrected chi connectivity index (χ0v) is 12.4. The van der Waals surface area contributed by atoms with E-state index in [0.717, 1.165) is 29.6 Å². The zero-order valence-electron chi connectivity index (χ0n) is 10.8. The van der Waals surface area contributed by atoms with Crippen LogP contribution >= 0.6 is 15.9 Å². The average molecular weight is 314 g/mol. The van der Waals surface area contributed by atoms with Crippen LogP contribution in [-0.2, 0) is 0 Å². The first kappa shape index (κ1) is 13.8. The highest BCUT2D eigenvalue weighted by atomic mass is 79.9. The normalized spacial score (nSPS) is 24.4. The van der Waals surface area contributed by atoms with Crippen molar-refractivity contribution in [3.63, 3.8) is 0 Å². The van der Waals surface area contributed by atoms with E-state index in [2.05, 4.69) is 40.3 Å². The first-order valence-electron chi connectivity index (χ1n) is 6.35. The van der Waals surface area contributed by atoms with E-state index in [1.165, 1.54) is 5.56 Å². The van der Waals surface area contributed by atoms with Gasteiger partial charge in [-0.3, -0.25) is 0 Å². The van der Waals surface area contributed by atoms with Gasteiger partial charge >= 0.3 is 0 Å². The van der Waals surface area contributed by atoms with Gasteiger partial charge in [-0.25, -0.2) is 0 Å². The fourth-order valence-corrected chi connectivity index (χ4v) is 2.84. The third-order valence-corrected chi connectivity index (χ3v) is 4.22. The van der Waals surface area contributed by atoms with Crippen LogP contribution in [0.3, 0.4) is 0 Å². The smallest absolute Gasteiger partial charge is 0.133 e. The Kier molecular flexibility index (Phi) is 4.65. The molecule has 0 heterocycles. The molecule has 1 saturated carbocycles. The molecule has 1 fully saturated rings. The van der Waals surface area contributed by atoms with Gasteiger partial charge in [0.2, 0.25) is 0 Å².